The zero-order valence-corrected chi connectivity index (χ0v) is 18.2. The quantitative estimate of drug-likeness (QED) is 0.571. The molecule has 1 saturated heterocycles. The molecule has 1 aromatic heterocycles. The van der Waals surface area contributed by atoms with Gasteiger partial charge < -0.3 is 9.32 Å². The maximum Gasteiger partial charge on any atom is 0.244 e. The summed E-state index contributed by atoms with van der Waals surface area (Å²) in [4.78, 5) is 18.5. The normalized spacial score (nSPS) is 14.8. The van der Waals surface area contributed by atoms with Gasteiger partial charge in [-0.25, -0.2) is 13.4 Å². The van der Waals surface area contributed by atoms with E-state index in [0.717, 1.165) is 5.56 Å². The van der Waals surface area contributed by atoms with Gasteiger partial charge in [0.15, 0.2) is 11.7 Å². The fourth-order valence-electron chi connectivity index (χ4n) is 3.63. The second-order valence-electron chi connectivity index (χ2n) is 7.38. The van der Waals surface area contributed by atoms with Crippen molar-refractivity contribution < 1.29 is 17.6 Å². The molecule has 0 unspecified atom stereocenters. The average Bonchev–Trinajstić information content (AvgIpc) is 3.32. The molecule has 0 atom stereocenters. The summed E-state index contributed by atoms with van der Waals surface area (Å²) in [6.45, 7) is 0.969. The van der Waals surface area contributed by atoms with E-state index in [9.17, 15) is 18.5 Å². The summed E-state index contributed by atoms with van der Waals surface area (Å²) in [6, 6.07) is 17.7. The molecule has 164 valence electrons. The van der Waals surface area contributed by atoms with E-state index in [0.29, 0.717) is 31.2 Å². The van der Waals surface area contributed by atoms with Gasteiger partial charge in [0, 0.05) is 44.6 Å². The number of hydrogen-bond acceptors (Lipinski definition) is 6. The Kier molecular flexibility index (Phi) is 6.35. The van der Waals surface area contributed by atoms with Crippen LogP contribution in [0.5, 0.6) is 0 Å². The highest BCUT2D eigenvalue weighted by Gasteiger charge is 2.31. The molecule has 0 radical (unpaired) electrons. The highest BCUT2D eigenvalue weighted by Crippen LogP contribution is 2.22. The first-order valence-corrected chi connectivity index (χ1v) is 11.7. The molecule has 0 N–H and O–H groups in total. The first-order valence-electron chi connectivity index (χ1n) is 10.3. The number of aryl methyl sites for hydroxylation is 1. The van der Waals surface area contributed by atoms with Gasteiger partial charge in [0.25, 0.3) is 0 Å². The molecule has 1 amide bonds. The third-order valence-electron chi connectivity index (χ3n) is 5.38. The van der Waals surface area contributed by atoms with Crippen molar-refractivity contribution in [2.75, 3.05) is 26.2 Å². The van der Waals surface area contributed by atoms with Gasteiger partial charge in [0.05, 0.1) is 16.7 Å². The molecule has 2 heterocycles. The molecule has 9 heteroatoms. The van der Waals surface area contributed by atoms with E-state index in [1.165, 1.54) is 16.4 Å². The Morgan fingerprint density at radius 1 is 1.03 bits per heavy atom. The van der Waals surface area contributed by atoms with Gasteiger partial charge in [0.2, 0.25) is 15.9 Å². The van der Waals surface area contributed by atoms with Gasteiger partial charge in [-0.3, -0.25) is 4.79 Å². The number of rotatable bonds is 6. The van der Waals surface area contributed by atoms with Gasteiger partial charge in [-0.05, 0) is 12.1 Å². The van der Waals surface area contributed by atoms with Crippen LogP contribution in [-0.2, 0) is 21.2 Å². The topological polar surface area (TPSA) is 108 Å². The molecule has 8 nitrogen and oxygen atoms in total. The fourth-order valence-corrected chi connectivity index (χ4v) is 5.20. The molecule has 32 heavy (non-hydrogen) atoms. The summed E-state index contributed by atoms with van der Waals surface area (Å²) in [7, 11) is -3.78. The Hall–Kier alpha value is -3.48. The van der Waals surface area contributed by atoms with Crippen LogP contribution in [0, 0.1) is 11.3 Å². The van der Waals surface area contributed by atoms with Crippen LogP contribution in [0.2, 0.25) is 0 Å². The molecule has 1 aliphatic rings. The largest absolute Gasteiger partial charge is 0.441 e. The minimum Gasteiger partial charge on any atom is -0.441 e. The highest BCUT2D eigenvalue weighted by atomic mass is 32.2. The number of oxazole rings is 1. The average molecular weight is 451 g/mol. The summed E-state index contributed by atoms with van der Waals surface area (Å²) < 4.78 is 32.9. The zero-order chi connectivity index (χ0) is 22.6. The van der Waals surface area contributed by atoms with Crippen LogP contribution in [0.15, 0.2) is 70.1 Å². The van der Waals surface area contributed by atoms with Crippen molar-refractivity contribution in [2.45, 2.75) is 17.7 Å². The second-order valence-corrected chi connectivity index (χ2v) is 9.28. The summed E-state index contributed by atoms with van der Waals surface area (Å²) in [5.41, 5.74) is 1.04. The number of sulfonamides is 1. The number of benzene rings is 2. The van der Waals surface area contributed by atoms with Gasteiger partial charge >= 0.3 is 0 Å². The van der Waals surface area contributed by atoms with E-state index in [1.54, 1.807) is 23.2 Å². The molecule has 2 aromatic carbocycles. The van der Waals surface area contributed by atoms with E-state index < -0.39 is 10.0 Å². The van der Waals surface area contributed by atoms with Crippen LogP contribution in [0.25, 0.3) is 11.3 Å². The standard InChI is InChI=1S/C23H22N4O4S/c24-16-19-8-4-5-9-21(19)32(29,30)27-14-12-26(13-15-27)23(28)11-10-22-25-17-20(31-22)18-6-2-1-3-7-18/h1-9,17H,10-15H2. The van der Waals surface area contributed by atoms with E-state index in [-0.39, 0.29) is 35.9 Å². The molecule has 3 aromatic rings. The Balaban J connectivity index is 1.32. The van der Waals surface area contributed by atoms with Gasteiger partial charge in [0.1, 0.15) is 6.07 Å². The fraction of sp³-hybridized carbons (Fsp3) is 0.261. The van der Waals surface area contributed by atoms with Crippen molar-refractivity contribution in [3.63, 3.8) is 0 Å². The van der Waals surface area contributed by atoms with Crippen LogP contribution in [-0.4, -0.2) is 54.7 Å². The van der Waals surface area contributed by atoms with Crippen molar-refractivity contribution in [2.24, 2.45) is 0 Å². The number of amides is 1. The lowest BCUT2D eigenvalue weighted by atomic mass is 10.2. The summed E-state index contributed by atoms with van der Waals surface area (Å²) in [5, 5.41) is 9.22. The van der Waals surface area contributed by atoms with E-state index in [4.69, 9.17) is 4.42 Å². The molecule has 1 fully saturated rings. The first kappa shape index (κ1) is 21.7. The minimum absolute atomic E-state index is 0.000362. The van der Waals surface area contributed by atoms with Crippen LogP contribution < -0.4 is 0 Å². The molecule has 1 aliphatic heterocycles. The molecule has 0 spiro atoms. The first-order chi connectivity index (χ1) is 15.5. The second kappa shape index (κ2) is 9.34. The lowest BCUT2D eigenvalue weighted by Crippen LogP contribution is -2.50. The Morgan fingerprint density at radius 2 is 1.72 bits per heavy atom. The number of hydrogen-bond donors (Lipinski definition) is 0. The van der Waals surface area contributed by atoms with E-state index >= 15 is 0 Å². The Labute approximate surface area is 186 Å². The van der Waals surface area contributed by atoms with Crippen LogP contribution in [0.1, 0.15) is 17.9 Å². The van der Waals surface area contributed by atoms with Crippen molar-refractivity contribution >= 4 is 15.9 Å². The maximum absolute atomic E-state index is 12.9. The van der Waals surface area contributed by atoms with Gasteiger partial charge in [-0.2, -0.15) is 9.57 Å². The number of carbonyl (C=O) groups excluding carboxylic acids is 1. The smallest absolute Gasteiger partial charge is 0.244 e. The van der Waals surface area contributed by atoms with Crippen molar-refractivity contribution in [1.29, 1.82) is 5.26 Å². The SMILES string of the molecule is N#Cc1ccccc1S(=O)(=O)N1CCN(C(=O)CCc2ncc(-c3ccccc3)o2)CC1. The third kappa shape index (κ3) is 4.56. The Bertz CT molecular complexity index is 1240. The van der Waals surface area contributed by atoms with Crippen LogP contribution >= 0.6 is 0 Å². The van der Waals surface area contributed by atoms with E-state index in [2.05, 4.69) is 4.98 Å². The molecule has 0 bridgehead atoms. The number of piperazine rings is 1. The zero-order valence-electron chi connectivity index (χ0n) is 17.3. The van der Waals surface area contributed by atoms with Crippen LogP contribution in [0.3, 0.4) is 0 Å². The molecule has 0 saturated carbocycles. The number of aromatic nitrogens is 1. The highest BCUT2D eigenvalue weighted by molar-refractivity contribution is 7.89. The maximum atomic E-state index is 12.9. The summed E-state index contributed by atoms with van der Waals surface area (Å²) in [5.74, 6) is 1.08. The lowest BCUT2D eigenvalue weighted by molar-refractivity contribution is -0.132. The summed E-state index contributed by atoms with van der Waals surface area (Å²) >= 11 is 0. The van der Waals surface area contributed by atoms with Gasteiger partial charge in [-0.1, -0.05) is 42.5 Å². The number of nitriles is 1. The molecule has 4 rings (SSSR count). The summed E-state index contributed by atoms with van der Waals surface area (Å²) in [6.07, 6.45) is 2.26. The Morgan fingerprint density at radius 3 is 2.44 bits per heavy atom. The van der Waals surface area contributed by atoms with E-state index in [1.807, 2.05) is 36.4 Å². The van der Waals surface area contributed by atoms with Crippen molar-refractivity contribution in [3.8, 4) is 17.4 Å². The third-order valence-corrected chi connectivity index (χ3v) is 7.34. The minimum atomic E-state index is -3.78. The lowest BCUT2D eigenvalue weighted by Gasteiger charge is -2.34. The van der Waals surface area contributed by atoms with Crippen LogP contribution in [0.4, 0.5) is 0 Å². The van der Waals surface area contributed by atoms with Crippen molar-refractivity contribution in [3.05, 3.63) is 72.2 Å². The van der Waals surface area contributed by atoms with Gasteiger partial charge in [-0.15, -0.1) is 0 Å². The monoisotopic (exact) mass is 450 g/mol. The molecular weight excluding hydrogens is 428 g/mol. The number of nitrogens with zero attached hydrogens (tertiary/aromatic N) is 4. The molecular formula is C23H22N4O4S. The number of carbonyl (C=O) groups is 1. The molecule has 0 aliphatic carbocycles. The predicted molar refractivity (Wildman–Crippen MR) is 117 cm³/mol. The van der Waals surface area contributed by atoms with Crippen molar-refractivity contribution in [1.82, 2.24) is 14.2 Å². The predicted octanol–water partition coefficient (Wildman–Crippen LogP) is 2.68.